The molecule has 2 aromatic rings. The van der Waals surface area contributed by atoms with Crippen molar-refractivity contribution in [2.75, 3.05) is 24.6 Å². The zero-order chi connectivity index (χ0) is 15.4. The molecule has 4 nitrogen and oxygen atoms in total. The minimum Gasteiger partial charge on any atom is -0.503 e. The van der Waals surface area contributed by atoms with Gasteiger partial charge < -0.3 is 15.0 Å². The largest absolute Gasteiger partial charge is 0.503 e. The highest BCUT2D eigenvalue weighted by Crippen LogP contribution is 2.32. The third-order valence-electron chi connectivity index (χ3n) is 4.02. The first-order chi connectivity index (χ1) is 10.7. The fraction of sp³-hybridized carbons (Fsp3) is 0.353. The summed E-state index contributed by atoms with van der Waals surface area (Å²) in [6, 6.07) is 11.7. The fourth-order valence-corrected chi connectivity index (χ4v) is 4.97. The van der Waals surface area contributed by atoms with Crippen LogP contribution in [0.5, 0.6) is 5.75 Å². The number of thiol groups is 1. The summed E-state index contributed by atoms with van der Waals surface area (Å²) in [4.78, 5) is 12.3. The van der Waals surface area contributed by atoms with Crippen LogP contribution >= 0.6 is 10.9 Å². The molecule has 0 radical (unpaired) electrons. The van der Waals surface area contributed by atoms with Crippen molar-refractivity contribution < 1.29 is 5.11 Å². The minimum atomic E-state index is -0.286. The Morgan fingerprint density at radius 3 is 2.59 bits per heavy atom. The van der Waals surface area contributed by atoms with Gasteiger partial charge in [0.15, 0.2) is 5.75 Å². The van der Waals surface area contributed by atoms with Gasteiger partial charge in [-0.25, -0.2) is 10.9 Å². The molecule has 0 aliphatic carbocycles. The highest BCUT2D eigenvalue weighted by atomic mass is 32.2. The second-order valence-corrected chi connectivity index (χ2v) is 8.19. The molecule has 1 fully saturated rings. The van der Waals surface area contributed by atoms with Crippen LogP contribution in [0.4, 0.5) is 0 Å². The molecule has 0 bridgehead atoms. The lowest BCUT2D eigenvalue weighted by Gasteiger charge is -2.27. The molecular weight excluding hydrogens is 296 g/mol. The Balaban J connectivity index is 1.77. The van der Waals surface area contributed by atoms with Crippen molar-refractivity contribution in [2.24, 2.45) is 0 Å². The molecule has 1 aliphatic heterocycles. The smallest absolute Gasteiger partial charge is 0.293 e. The Bertz CT molecular complexity index is 679. The van der Waals surface area contributed by atoms with Gasteiger partial charge in [0.2, 0.25) is 0 Å². The van der Waals surface area contributed by atoms with E-state index in [-0.39, 0.29) is 22.2 Å². The Labute approximate surface area is 133 Å². The first-order valence-corrected chi connectivity index (χ1v) is 9.52. The van der Waals surface area contributed by atoms with E-state index in [4.69, 9.17) is 0 Å². The maximum atomic E-state index is 12.3. The Hall–Kier alpha value is -1.72. The van der Waals surface area contributed by atoms with Crippen LogP contribution in [0, 0.1) is 0 Å². The zero-order valence-electron chi connectivity index (χ0n) is 12.5. The molecule has 2 heterocycles. The zero-order valence-corrected chi connectivity index (χ0v) is 13.4. The first kappa shape index (κ1) is 15.2. The van der Waals surface area contributed by atoms with Crippen LogP contribution in [0.3, 0.4) is 0 Å². The molecule has 0 amide bonds. The number of pyridine rings is 1. The van der Waals surface area contributed by atoms with E-state index in [2.05, 4.69) is 5.32 Å². The molecule has 0 atom stereocenters. The van der Waals surface area contributed by atoms with Crippen molar-refractivity contribution in [1.82, 2.24) is 9.88 Å². The van der Waals surface area contributed by atoms with Crippen LogP contribution in [0.2, 0.25) is 0 Å². The number of aromatic hydroxyl groups is 1. The molecule has 22 heavy (non-hydrogen) atoms. The van der Waals surface area contributed by atoms with E-state index in [1.165, 1.54) is 11.5 Å². The van der Waals surface area contributed by atoms with Crippen LogP contribution in [-0.2, 0) is 12.3 Å². The van der Waals surface area contributed by atoms with Crippen molar-refractivity contribution in [3.05, 3.63) is 64.1 Å². The lowest BCUT2D eigenvalue weighted by Crippen LogP contribution is -2.29. The predicted octanol–water partition coefficient (Wildman–Crippen LogP) is 1.71. The maximum Gasteiger partial charge on any atom is 0.293 e. The van der Waals surface area contributed by atoms with Crippen molar-refractivity contribution >= 4 is 10.9 Å². The molecule has 0 saturated carbocycles. The number of hydrogen-bond acceptors (Lipinski definition) is 3. The molecule has 1 saturated heterocycles. The highest BCUT2D eigenvalue weighted by molar-refractivity contribution is 8.16. The van der Waals surface area contributed by atoms with E-state index < -0.39 is 0 Å². The lowest BCUT2D eigenvalue weighted by atomic mass is 10.2. The minimum absolute atomic E-state index is 0.0699. The summed E-state index contributed by atoms with van der Waals surface area (Å²) in [5.74, 6) is 3.12. The van der Waals surface area contributed by atoms with Gasteiger partial charge in [-0.15, -0.1) is 0 Å². The number of benzene rings is 1. The van der Waals surface area contributed by atoms with E-state index in [1.54, 1.807) is 4.57 Å². The van der Waals surface area contributed by atoms with Crippen LogP contribution < -0.4 is 10.9 Å². The van der Waals surface area contributed by atoms with E-state index in [0.29, 0.717) is 6.54 Å². The van der Waals surface area contributed by atoms with Crippen LogP contribution in [0.1, 0.15) is 11.1 Å². The highest BCUT2D eigenvalue weighted by Gasteiger charge is 2.14. The molecular formula is C17H22N2O2S. The topological polar surface area (TPSA) is 54.3 Å². The average molecular weight is 318 g/mol. The molecule has 3 rings (SSSR count). The van der Waals surface area contributed by atoms with E-state index >= 15 is 0 Å². The fourth-order valence-electron chi connectivity index (χ4n) is 2.74. The number of nitrogens with zero attached hydrogens (tertiary/aromatic N) is 1. The number of aromatic nitrogens is 1. The van der Waals surface area contributed by atoms with Gasteiger partial charge >= 0.3 is 0 Å². The SMILES string of the molecule is O=c1c(O)c(C[SH]2CCNCC2)ccn1Cc1ccccc1. The lowest BCUT2D eigenvalue weighted by molar-refractivity contribution is 0.454. The molecule has 1 aromatic heterocycles. The molecule has 1 aromatic carbocycles. The second kappa shape index (κ2) is 7.03. The number of nitrogens with one attached hydrogen (secondary N) is 1. The summed E-state index contributed by atoms with van der Waals surface area (Å²) in [5.41, 5.74) is 1.58. The second-order valence-electron chi connectivity index (χ2n) is 5.63. The molecule has 0 spiro atoms. The van der Waals surface area contributed by atoms with E-state index in [0.717, 1.165) is 30.0 Å². The molecule has 5 heteroatoms. The van der Waals surface area contributed by atoms with Crippen molar-refractivity contribution in [2.45, 2.75) is 12.3 Å². The molecule has 118 valence electrons. The van der Waals surface area contributed by atoms with Crippen molar-refractivity contribution in [3.63, 3.8) is 0 Å². The standard InChI is InChI=1S/C17H22N2O2S/c20-16-15(13-22-10-7-18-8-11-22)6-9-19(17(16)21)12-14-4-2-1-3-5-14/h1-6,9,18,20,22H,7-8,10-13H2. The van der Waals surface area contributed by atoms with Gasteiger partial charge in [0, 0.05) is 30.6 Å². The van der Waals surface area contributed by atoms with E-state index in [9.17, 15) is 9.90 Å². The van der Waals surface area contributed by atoms with Crippen molar-refractivity contribution in [3.8, 4) is 5.75 Å². The van der Waals surface area contributed by atoms with Gasteiger partial charge in [0.1, 0.15) is 0 Å². The molecule has 1 aliphatic rings. The van der Waals surface area contributed by atoms with Gasteiger partial charge in [0.05, 0.1) is 6.54 Å². The van der Waals surface area contributed by atoms with Crippen molar-refractivity contribution in [1.29, 1.82) is 0 Å². The van der Waals surface area contributed by atoms with Gasteiger partial charge in [-0.2, -0.15) is 0 Å². The van der Waals surface area contributed by atoms with Crippen LogP contribution in [-0.4, -0.2) is 34.3 Å². The third-order valence-corrected chi connectivity index (χ3v) is 6.52. The first-order valence-electron chi connectivity index (χ1n) is 7.62. The predicted molar refractivity (Wildman–Crippen MR) is 93.2 cm³/mol. The summed E-state index contributed by atoms with van der Waals surface area (Å²) >= 11 is 0. The monoisotopic (exact) mass is 318 g/mol. The van der Waals surface area contributed by atoms with Gasteiger partial charge in [0.25, 0.3) is 5.56 Å². The Morgan fingerprint density at radius 2 is 1.86 bits per heavy atom. The van der Waals surface area contributed by atoms with Crippen LogP contribution in [0.15, 0.2) is 47.4 Å². The normalized spacial score (nSPS) is 16.6. The average Bonchev–Trinajstić information content (AvgIpc) is 2.56. The van der Waals surface area contributed by atoms with Gasteiger partial charge in [-0.05, 0) is 23.1 Å². The third kappa shape index (κ3) is 3.54. The summed E-state index contributed by atoms with van der Waals surface area (Å²) in [7, 11) is -0.105. The van der Waals surface area contributed by atoms with Crippen LogP contribution in [0.25, 0.3) is 0 Å². The Kier molecular flexibility index (Phi) is 4.85. The Morgan fingerprint density at radius 1 is 1.14 bits per heavy atom. The summed E-state index contributed by atoms with van der Waals surface area (Å²) in [6.07, 6.45) is 1.81. The summed E-state index contributed by atoms with van der Waals surface area (Å²) in [6.45, 7) is 2.60. The van der Waals surface area contributed by atoms with Gasteiger partial charge in [-0.1, -0.05) is 30.3 Å². The summed E-state index contributed by atoms with van der Waals surface area (Å²) < 4.78 is 1.57. The van der Waals surface area contributed by atoms with Gasteiger partial charge in [-0.3, -0.25) is 4.79 Å². The molecule has 2 N–H and O–H groups in total. The maximum absolute atomic E-state index is 12.3. The molecule has 0 unspecified atom stereocenters. The quantitative estimate of drug-likeness (QED) is 0.752. The number of rotatable bonds is 4. The van der Waals surface area contributed by atoms with E-state index in [1.807, 2.05) is 42.6 Å². The summed E-state index contributed by atoms with van der Waals surface area (Å²) in [5, 5.41) is 13.6. The number of hydrogen-bond donors (Lipinski definition) is 3.